The Kier molecular flexibility index (Phi) is 4.71. The highest BCUT2D eigenvalue weighted by atomic mass is 32.1. The van der Waals surface area contributed by atoms with Gasteiger partial charge in [-0.25, -0.2) is 4.98 Å². The van der Waals surface area contributed by atoms with Gasteiger partial charge in [0, 0.05) is 25.1 Å². The summed E-state index contributed by atoms with van der Waals surface area (Å²) in [6.45, 7) is 8.96. The number of hydrogen-bond acceptors (Lipinski definition) is 4. The van der Waals surface area contributed by atoms with Crippen LogP contribution in [0.4, 0.5) is 0 Å². The van der Waals surface area contributed by atoms with Crippen LogP contribution in [0.25, 0.3) is 20.9 Å². The van der Waals surface area contributed by atoms with Gasteiger partial charge in [0.2, 0.25) is 0 Å². The number of pyridine rings is 1. The first-order chi connectivity index (χ1) is 13.2. The standard InChI is InChI=1S/C22H26N4OS/c1-21(2)12-14(13-22(3,4)26-21)24-19(27)15-8-7-11-23-18(15)20-25-16-9-5-6-10-17(16)28-20/h5-11,14,26H,12-13H2,1-4H3,(H,24,27)/p+1. The summed E-state index contributed by atoms with van der Waals surface area (Å²) in [5, 5.41) is 6.47. The molecule has 28 heavy (non-hydrogen) atoms. The Morgan fingerprint density at radius 1 is 1.11 bits per heavy atom. The first kappa shape index (κ1) is 19.0. The number of para-hydroxylation sites is 1. The van der Waals surface area contributed by atoms with Crippen LogP contribution in [0, 0.1) is 0 Å². The van der Waals surface area contributed by atoms with Crippen LogP contribution in [0.5, 0.6) is 0 Å². The van der Waals surface area contributed by atoms with E-state index in [1.807, 2.05) is 36.4 Å². The maximum atomic E-state index is 13.2. The van der Waals surface area contributed by atoms with E-state index in [-0.39, 0.29) is 23.0 Å². The molecule has 1 aromatic carbocycles. The minimum Gasteiger partial charge on any atom is -0.349 e. The highest BCUT2D eigenvalue weighted by Crippen LogP contribution is 2.31. The van der Waals surface area contributed by atoms with E-state index in [0.717, 1.165) is 28.1 Å². The van der Waals surface area contributed by atoms with Crippen LogP contribution < -0.4 is 10.6 Å². The van der Waals surface area contributed by atoms with Crippen molar-refractivity contribution in [2.45, 2.75) is 57.7 Å². The van der Waals surface area contributed by atoms with Crippen LogP contribution in [0.2, 0.25) is 0 Å². The van der Waals surface area contributed by atoms with Gasteiger partial charge in [0.25, 0.3) is 5.91 Å². The fraction of sp³-hybridized carbons (Fsp3) is 0.409. The summed E-state index contributed by atoms with van der Waals surface area (Å²) in [6, 6.07) is 11.8. The Morgan fingerprint density at radius 3 is 2.54 bits per heavy atom. The summed E-state index contributed by atoms with van der Waals surface area (Å²) in [4.78, 5) is 22.3. The Morgan fingerprint density at radius 2 is 1.82 bits per heavy atom. The lowest BCUT2D eigenvalue weighted by molar-refractivity contribution is -0.787. The second-order valence-electron chi connectivity index (χ2n) is 9.09. The normalized spacial score (nSPS) is 18.9. The van der Waals surface area contributed by atoms with Crippen molar-refractivity contribution in [3.05, 3.63) is 48.2 Å². The Hall–Kier alpha value is -2.31. The minimum atomic E-state index is -0.0687. The number of aromatic nitrogens is 2. The third kappa shape index (κ3) is 3.93. The third-order valence-electron chi connectivity index (χ3n) is 5.21. The lowest BCUT2D eigenvalue weighted by atomic mass is 9.79. The molecule has 1 fully saturated rings. The lowest BCUT2D eigenvalue weighted by Crippen LogP contribution is -3.06. The molecule has 0 spiro atoms. The highest BCUT2D eigenvalue weighted by molar-refractivity contribution is 7.21. The van der Waals surface area contributed by atoms with Gasteiger partial charge < -0.3 is 10.6 Å². The van der Waals surface area contributed by atoms with E-state index in [1.54, 1.807) is 17.5 Å². The smallest absolute Gasteiger partial charge is 0.253 e. The van der Waals surface area contributed by atoms with Crippen molar-refractivity contribution in [1.29, 1.82) is 0 Å². The number of piperidine rings is 1. The summed E-state index contributed by atoms with van der Waals surface area (Å²) in [5.74, 6) is -0.0687. The maximum Gasteiger partial charge on any atom is 0.253 e. The largest absolute Gasteiger partial charge is 0.349 e. The first-order valence-electron chi connectivity index (χ1n) is 9.71. The molecule has 3 heterocycles. The van der Waals surface area contributed by atoms with Gasteiger partial charge in [0.05, 0.1) is 26.9 Å². The van der Waals surface area contributed by atoms with Gasteiger partial charge in [-0.15, -0.1) is 11.3 Å². The van der Waals surface area contributed by atoms with E-state index in [4.69, 9.17) is 4.98 Å². The number of quaternary nitrogens is 1. The van der Waals surface area contributed by atoms with Crippen LogP contribution in [0.1, 0.15) is 50.9 Å². The molecule has 1 aliphatic heterocycles. The van der Waals surface area contributed by atoms with E-state index in [1.165, 1.54) is 0 Å². The zero-order valence-electron chi connectivity index (χ0n) is 16.8. The molecular weight excluding hydrogens is 368 g/mol. The summed E-state index contributed by atoms with van der Waals surface area (Å²) in [7, 11) is 0. The molecule has 0 atom stereocenters. The van der Waals surface area contributed by atoms with Gasteiger partial charge in [-0.2, -0.15) is 0 Å². The number of benzene rings is 1. The average Bonchev–Trinajstić information content (AvgIpc) is 3.03. The molecule has 0 saturated carbocycles. The second kappa shape index (κ2) is 6.94. The van der Waals surface area contributed by atoms with E-state index in [0.29, 0.717) is 11.3 Å². The zero-order chi connectivity index (χ0) is 19.9. The van der Waals surface area contributed by atoms with Crippen LogP contribution in [0.15, 0.2) is 42.6 Å². The molecule has 146 valence electrons. The first-order valence-corrected chi connectivity index (χ1v) is 10.5. The number of rotatable bonds is 3. The number of fused-ring (bicyclic) bond motifs is 1. The van der Waals surface area contributed by atoms with Crippen molar-refractivity contribution in [3.8, 4) is 10.7 Å². The lowest BCUT2D eigenvalue weighted by Gasteiger charge is -2.43. The van der Waals surface area contributed by atoms with Gasteiger partial charge in [-0.3, -0.25) is 9.78 Å². The quantitative estimate of drug-likeness (QED) is 0.714. The number of nitrogens with one attached hydrogen (secondary N) is 1. The predicted octanol–water partition coefficient (Wildman–Crippen LogP) is 3.37. The maximum absolute atomic E-state index is 13.2. The molecular formula is C22H27N4OS+. The average molecular weight is 396 g/mol. The molecule has 0 unspecified atom stereocenters. The molecule has 0 bridgehead atoms. The predicted molar refractivity (Wildman–Crippen MR) is 113 cm³/mol. The van der Waals surface area contributed by atoms with Crippen LogP contribution in [-0.4, -0.2) is 33.0 Å². The van der Waals surface area contributed by atoms with Crippen molar-refractivity contribution in [3.63, 3.8) is 0 Å². The van der Waals surface area contributed by atoms with E-state index < -0.39 is 0 Å². The molecule has 1 aliphatic rings. The summed E-state index contributed by atoms with van der Waals surface area (Å²) < 4.78 is 1.10. The van der Waals surface area contributed by atoms with Gasteiger partial charge in [0.1, 0.15) is 10.7 Å². The van der Waals surface area contributed by atoms with Crippen molar-refractivity contribution < 1.29 is 10.1 Å². The van der Waals surface area contributed by atoms with Gasteiger partial charge >= 0.3 is 0 Å². The Labute approximate surface area is 169 Å². The molecule has 5 nitrogen and oxygen atoms in total. The van der Waals surface area contributed by atoms with E-state index in [2.05, 4.69) is 43.3 Å². The molecule has 4 rings (SSSR count). The molecule has 6 heteroatoms. The number of carbonyl (C=O) groups excluding carboxylic acids is 1. The number of amides is 1. The van der Waals surface area contributed by atoms with Crippen LogP contribution in [-0.2, 0) is 0 Å². The molecule has 0 radical (unpaired) electrons. The Balaban J connectivity index is 1.62. The fourth-order valence-corrected chi connectivity index (χ4v) is 5.59. The summed E-state index contributed by atoms with van der Waals surface area (Å²) >= 11 is 1.57. The summed E-state index contributed by atoms with van der Waals surface area (Å²) in [5.41, 5.74) is 2.38. The number of nitrogens with two attached hydrogens (primary N) is 1. The van der Waals surface area contributed by atoms with Gasteiger partial charge in [0.15, 0.2) is 0 Å². The van der Waals surface area contributed by atoms with Crippen LogP contribution in [0.3, 0.4) is 0 Å². The topological polar surface area (TPSA) is 71.5 Å². The molecule has 3 aromatic rings. The Bertz CT molecular complexity index is 975. The monoisotopic (exact) mass is 395 g/mol. The van der Waals surface area contributed by atoms with E-state index in [9.17, 15) is 4.79 Å². The minimum absolute atomic E-state index is 0.0687. The van der Waals surface area contributed by atoms with Gasteiger partial charge in [-0.05, 0) is 52.0 Å². The van der Waals surface area contributed by atoms with Crippen molar-refractivity contribution in [2.24, 2.45) is 0 Å². The molecule has 0 aliphatic carbocycles. The molecule has 3 N–H and O–H groups in total. The number of thiazole rings is 1. The SMILES string of the molecule is CC1(C)CC(NC(=O)c2cccnc2-c2nc3ccccc3s2)CC(C)(C)[NH2+]1. The van der Waals surface area contributed by atoms with Crippen LogP contribution >= 0.6 is 11.3 Å². The van der Waals surface area contributed by atoms with Crippen molar-refractivity contribution in [2.75, 3.05) is 0 Å². The van der Waals surface area contributed by atoms with Gasteiger partial charge in [-0.1, -0.05) is 12.1 Å². The summed E-state index contributed by atoms with van der Waals surface area (Å²) in [6.07, 6.45) is 3.61. The highest BCUT2D eigenvalue weighted by Gasteiger charge is 2.42. The second-order valence-corrected chi connectivity index (χ2v) is 10.1. The third-order valence-corrected chi connectivity index (χ3v) is 6.25. The molecule has 1 saturated heterocycles. The van der Waals surface area contributed by atoms with Crippen molar-refractivity contribution >= 4 is 27.5 Å². The van der Waals surface area contributed by atoms with Crippen molar-refractivity contribution in [1.82, 2.24) is 15.3 Å². The number of nitrogens with zero attached hydrogens (tertiary/aromatic N) is 2. The van der Waals surface area contributed by atoms with E-state index >= 15 is 0 Å². The molecule has 1 amide bonds. The fourth-order valence-electron chi connectivity index (χ4n) is 4.62. The molecule has 2 aromatic heterocycles. The zero-order valence-corrected chi connectivity index (χ0v) is 17.6. The number of carbonyl (C=O) groups is 1. The number of hydrogen-bond donors (Lipinski definition) is 2.